The van der Waals surface area contributed by atoms with Crippen molar-refractivity contribution in [2.45, 2.75) is 19.1 Å². The lowest BCUT2D eigenvalue weighted by molar-refractivity contribution is 0.227. The molecule has 0 spiro atoms. The van der Waals surface area contributed by atoms with Crippen LogP contribution >= 0.6 is 43.2 Å². The van der Waals surface area contributed by atoms with Gasteiger partial charge >= 0.3 is 0 Å². The van der Waals surface area contributed by atoms with E-state index in [-0.39, 0.29) is 6.10 Å². The average molecular weight is 403 g/mol. The topological polar surface area (TPSA) is 21.3 Å². The minimum atomic E-state index is 0.243. The molecule has 1 atom stereocenters. The fraction of sp³-hybridized carbons (Fsp3) is 0.286. The van der Waals surface area contributed by atoms with E-state index in [1.54, 1.807) is 11.3 Å². The third-order valence-electron chi connectivity index (χ3n) is 3.06. The highest BCUT2D eigenvalue weighted by Gasteiger charge is 2.22. The monoisotopic (exact) mass is 401 g/mol. The normalized spacial score (nSPS) is 17.3. The second-order valence-corrected chi connectivity index (χ2v) is 7.39. The van der Waals surface area contributed by atoms with E-state index in [4.69, 9.17) is 4.74 Å². The lowest BCUT2D eigenvalue weighted by Crippen LogP contribution is -2.29. The smallest absolute Gasteiger partial charge is 0.123 e. The number of thiophene rings is 1. The number of benzene rings is 1. The molecule has 0 fully saturated rings. The molecule has 2 heterocycles. The molecule has 1 aliphatic rings. The van der Waals surface area contributed by atoms with Gasteiger partial charge in [0.25, 0.3) is 0 Å². The lowest BCUT2D eigenvalue weighted by atomic mass is 10.1. The van der Waals surface area contributed by atoms with Crippen LogP contribution in [-0.2, 0) is 13.0 Å². The molecule has 1 aromatic carbocycles. The van der Waals surface area contributed by atoms with E-state index in [0.29, 0.717) is 0 Å². The maximum absolute atomic E-state index is 5.92. The first-order valence-electron chi connectivity index (χ1n) is 6.09. The first-order valence-corrected chi connectivity index (χ1v) is 8.56. The number of rotatable bonds is 4. The van der Waals surface area contributed by atoms with Crippen LogP contribution < -0.4 is 10.1 Å². The van der Waals surface area contributed by atoms with Gasteiger partial charge in [0.05, 0.1) is 0 Å². The Bertz CT molecular complexity index is 585. The van der Waals surface area contributed by atoms with Crippen molar-refractivity contribution in [1.29, 1.82) is 0 Å². The summed E-state index contributed by atoms with van der Waals surface area (Å²) >= 11 is 8.73. The predicted molar refractivity (Wildman–Crippen MR) is 86.0 cm³/mol. The van der Waals surface area contributed by atoms with Gasteiger partial charge in [-0.2, -0.15) is 0 Å². The maximum Gasteiger partial charge on any atom is 0.123 e. The highest BCUT2D eigenvalue weighted by atomic mass is 79.9. The molecule has 100 valence electrons. The van der Waals surface area contributed by atoms with Crippen LogP contribution in [0.1, 0.15) is 10.4 Å². The quantitative estimate of drug-likeness (QED) is 0.819. The minimum absolute atomic E-state index is 0.243. The van der Waals surface area contributed by atoms with Gasteiger partial charge in [-0.25, -0.2) is 0 Å². The van der Waals surface area contributed by atoms with Crippen molar-refractivity contribution in [2.24, 2.45) is 0 Å². The molecular formula is C14H13Br2NOS. The number of hydrogen-bond donors (Lipinski definition) is 1. The summed E-state index contributed by atoms with van der Waals surface area (Å²) in [4.78, 5) is 1.34. The number of ether oxygens (including phenoxy) is 1. The second-order valence-electron chi connectivity index (χ2n) is 4.56. The third kappa shape index (κ3) is 3.40. The van der Waals surface area contributed by atoms with Crippen LogP contribution in [0, 0.1) is 0 Å². The molecule has 0 radical (unpaired) electrons. The summed E-state index contributed by atoms with van der Waals surface area (Å²) in [6, 6.07) is 8.36. The van der Waals surface area contributed by atoms with Crippen LogP contribution in [0.5, 0.6) is 5.75 Å². The van der Waals surface area contributed by atoms with E-state index in [0.717, 1.165) is 34.2 Å². The molecule has 1 aliphatic heterocycles. The SMILES string of the molecule is Brc1csc(CNCC2Cc3cc(Br)ccc3O2)c1. The molecule has 2 nitrogen and oxygen atoms in total. The van der Waals surface area contributed by atoms with Gasteiger partial charge < -0.3 is 10.1 Å². The van der Waals surface area contributed by atoms with Crippen molar-refractivity contribution in [3.05, 3.63) is 49.0 Å². The van der Waals surface area contributed by atoms with Crippen LogP contribution in [-0.4, -0.2) is 12.6 Å². The molecule has 1 unspecified atom stereocenters. The summed E-state index contributed by atoms with van der Waals surface area (Å²) < 4.78 is 8.19. The Kier molecular flexibility index (Phi) is 4.27. The van der Waals surface area contributed by atoms with Gasteiger partial charge in [0.1, 0.15) is 11.9 Å². The summed E-state index contributed by atoms with van der Waals surface area (Å²) in [5, 5.41) is 5.57. The zero-order valence-electron chi connectivity index (χ0n) is 10.2. The predicted octanol–water partition coefficient (Wildman–Crippen LogP) is 4.37. The Morgan fingerprint density at radius 1 is 1.26 bits per heavy atom. The van der Waals surface area contributed by atoms with E-state index in [2.05, 4.69) is 54.7 Å². The van der Waals surface area contributed by atoms with Crippen LogP contribution in [0.3, 0.4) is 0 Å². The van der Waals surface area contributed by atoms with Crippen molar-refractivity contribution in [2.75, 3.05) is 6.54 Å². The summed E-state index contributed by atoms with van der Waals surface area (Å²) in [5.74, 6) is 1.02. The van der Waals surface area contributed by atoms with E-state index < -0.39 is 0 Å². The van der Waals surface area contributed by atoms with E-state index in [1.165, 1.54) is 10.4 Å². The van der Waals surface area contributed by atoms with Crippen molar-refractivity contribution in [3.8, 4) is 5.75 Å². The molecular weight excluding hydrogens is 390 g/mol. The number of hydrogen-bond acceptors (Lipinski definition) is 3. The fourth-order valence-corrected chi connectivity index (χ4v) is 4.03. The van der Waals surface area contributed by atoms with Crippen LogP contribution in [0.2, 0.25) is 0 Å². The van der Waals surface area contributed by atoms with Crippen molar-refractivity contribution < 1.29 is 4.74 Å². The zero-order chi connectivity index (χ0) is 13.2. The fourth-order valence-electron chi connectivity index (χ4n) is 2.21. The summed E-state index contributed by atoms with van der Waals surface area (Å²) in [6.07, 6.45) is 1.23. The summed E-state index contributed by atoms with van der Waals surface area (Å²) in [7, 11) is 0. The molecule has 0 aliphatic carbocycles. The Hall–Kier alpha value is -0.360. The van der Waals surface area contributed by atoms with Crippen molar-refractivity contribution in [1.82, 2.24) is 5.32 Å². The number of halogens is 2. The molecule has 0 bridgehead atoms. The molecule has 0 saturated carbocycles. The van der Waals surface area contributed by atoms with Crippen LogP contribution in [0.4, 0.5) is 0 Å². The molecule has 3 rings (SSSR count). The average Bonchev–Trinajstić information content (AvgIpc) is 2.95. The van der Waals surface area contributed by atoms with Gasteiger partial charge in [-0.1, -0.05) is 15.9 Å². The van der Waals surface area contributed by atoms with Gasteiger partial charge in [0.2, 0.25) is 0 Å². The van der Waals surface area contributed by atoms with Gasteiger partial charge in [-0.15, -0.1) is 11.3 Å². The molecule has 1 aromatic heterocycles. The molecule has 2 aromatic rings. The first kappa shape index (κ1) is 13.6. The van der Waals surface area contributed by atoms with Gasteiger partial charge in [-0.3, -0.25) is 0 Å². The highest BCUT2D eigenvalue weighted by molar-refractivity contribution is 9.10. The highest BCUT2D eigenvalue weighted by Crippen LogP contribution is 2.31. The summed E-state index contributed by atoms with van der Waals surface area (Å²) in [5.41, 5.74) is 1.29. The lowest BCUT2D eigenvalue weighted by Gasteiger charge is -2.11. The van der Waals surface area contributed by atoms with Crippen molar-refractivity contribution in [3.63, 3.8) is 0 Å². The van der Waals surface area contributed by atoms with E-state index in [9.17, 15) is 0 Å². The van der Waals surface area contributed by atoms with Gasteiger partial charge in [0, 0.05) is 38.7 Å². The molecule has 1 N–H and O–H groups in total. The second kappa shape index (κ2) is 5.95. The number of fused-ring (bicyclic) bond motifs is 1. The standard InChI is InChI=1S/C14H13Br2NOS/c15-10-1-2-14-9(3-10)4-12(18-14)6-17-7-13-5-11(16)8-19-13/h1-3,5,8,12,17H,4,6-7H2. The largest absolute Gasteiger partial charge is 0.488 e. The minimum Gasteiger partial charge on any atom is -0.488 e. The third-order valence-corrected chi connectivity index (χ3v) is 5.25. The number of nitrogens with one attached hydrogen (secondary N) is 1. The van der Waals surface area contributed by atoms with Crippen molar-refractivity contribution >= 4 is 43.2 Å². The maximum atomic E-state index is 5.92. The van der Waals surface area contributed by atoms with Crippen LogP contribution in [0.25, 0.3) is 0 Å². The van der Waals surface area contributed by atoms with Gasteiger partial charge in [0.15, 0.2) is 0 Å². The molecule has 0 amide bonds. The Morgan fingerprint density at radius 3 is 2.95 bits per heavy atom. The van der Waals surface area contributed by atoms with E-state index in [1.807, 2.05) is 12.1 Å². The Labute approximate surface area is 133 Å². The molecule has 0 saturated heterocycles. The van der Waals surface area contributed by atoms with E-state index >= 15 is 0 Å². The Balaban J connectivity index is 1.51. The summed E-state index contributed by atoms with van der Waals surface area (Å²) in [6.45, 7) is 1.78. The van der Waals surface area contributed by atoms with Crippen LogP contribution in [0.15, 0.2) is 38.6 Å². The molecule has 5 heteroatoms. The Morgan fingerprint density at radius 2 is 2.16 bits per heavy atom. The first-order chi connectivity index (χ1) is 9.20. The zero-order valence-corrected chi connectivity index (χ0v) is 14.1. The van der Waals surface area contributed by atoms with Gasteiger partial charge in [-0.05, 0) is 45.8 Å². The molecule has 19 heavy (non-hydrogen) atoms.